The van der Waals surface area contributed by atoms with Gasteiger partial charge in [0.2, 0.25) is 5.91 Å². The first-order chi connectivity index (χ1) is 8.20. The van der Waals surface area contributed by atoms with Crippen molar-refractivity contribution < 1.29 is 13.9 Å². The Labute approximate surface area is 99.2 Å². The minimum absolute atomic E-state index is 0.0869. The van der Waals surface area contributed by atoms with Crippen molar-refractivity contribution in [1.29, 1.82) is 0 Å². The number of carbonyl (C=O) groups excluding carboxylic acids is 1. The third kappa shape index (κ3) is 2.74. The second-order valence-corrected chi connectivity index (χ2v) is 3.99. The molecule has 1 saturated heterocycles. The van der Waals surface area contributed by atoms with Crippen LogP contribution in [0.1, 0.15) is 12.8 Å². The summed E-state index contributed by atoms with van der Waals surface area (Å²) in [6.07, 6.45) is 1.84. The van der Waals surface area contributed by atoms with Gasteiger partial charge in [-0.1, -0.05) is 0 Å². The molecule has 1 aromatic rings. The van der Waals surface area contributed by atoms with E-state index in [-0.39, 0.29) is 17.7 Å². The number of hydrogen-bond donors (Lipinski definition) is 2. The summed E-state index contributed by atoms with van der Waals surface area (Å²) in [5.74, 6) is -0.400. The fourth-order valence-corrected chi connectivity index (χ4v) is 1.88. The van der Waals surface area contributed by atoms with Crippen LogP contribution in [0.25, 0.3) is 0 Å². The second-order valence-electron chi connectivity index (χ2n) is 3.99. The number of carbonyl (C=O) groups is 1. The molecule has 1 amide bonds. The van der Waals surface area contributed by atoms with Crippen LogP contribution in [0.3, 0.4) is 0 Å². The molecule has 5 heteroatoms. The molecule has 1 aliphatic rings. The molecule has 4 nitrogen and oxygen atoms in total. The van der Waals surface area contributed by atoms with Gasteiger partial charge >= 0.3 is 0 Å². The molecule has 1 aromatic carbocycles. The highest BCUT2D eigenvalue weighted by Crippen LogP contribution is 2.21. The lowest BCUT2D eigenvalue weighted by Gasteiger charge is -2.12. The third-order valence-corrected chi connectivity index (χ3v) is 2.80. The summed E-state index contributed by atoms with van der Waals surface area (Å²) in [5, 5.41) is 5.84. The number of methoxy groups -OCH3 is 1. The van der Waals surface area contributed by atoms with Crippen LogP contribution < -0.4 is 15.4 Å². The van der Waals surface area contributed by atoms with E-state index >= 15 is 0 Å². The normalized spacial score (nSPS) is 19.1. The van der Waals surface area contributed by atoms with E-state index < -0.39 is 5.82 Å². The first kappa shape index (κ1) is 11.9. The highest BCUT2D eigenvalue weighted by molar-refractivity contribution is 5.95. The Balaban J connectivity index is 2.05. The molecular formula is C12H15FN2O2. The largest absolute Gasteiger partial charge is 0.494 e. The minimum atomic E-state index is -0.440. The van der Waals surface area contributed by atoms with Gasteiger partial charge in [-0.25, -0.2) is 4.39 Å². The molecule has 17 heavy (non-hydrogen) atoms. The molecule has 0 aliphatic carbocycles. The van der Waals surface area contributed by atoms with Crippen molar-refractivity contribution in [1.82, 2.24) is 5.32 Å². The monoisotopic (exact) mass is 238 g/mol. The predicted molar refractivity (Wildman–Crippen MR) is 62.6 cm³/mol. The lowest BCUT2D eigenvalue weighted by molar-refractivity contribution is -0.117. The topological polar surface area (TPSA) is 50.4 Å². The Morgan fingerprint density at radius 3 is 3.06 bits per heavy atom. The Kier molecular flexibility index (Phi) is 3.58. The maximum atomic E-state index is 13.2. The van der Waals surface area contributed by atoms with E-state index in [4.69, 9.17) is 4.74 Å². The predicted octanol–water partition coefficient (Wildman–Crippen LogP) is 1.52. The van der Waals surface area contributed by atoms with Crippen molar-refractivity contribution in [2.24, 2.45) is 0 Å². The molecule has 0 radical (unpaired) electrons. The van der Waals surface area contributed by atoms with Gasteiger partial charge in [0.1, 0.15) is 0 Å². The van der Waals surface area contributed by atoms with E-state index in [0.717, 1.165) is 19.4 Å². The van der Waals surface area contributed by atoms with E-state index in [1.807, 2.05) is 0 Å². The Morgan fingerprint density at radius 1 is 1.59 bits per heavy atom. The van der Waals surface area contributed by atoms with Gasteiger partial charge in [0.25, 0.3) is 0 Å². The van der Waals surface area contributed by atoms with Crippen molar-refractivity contribution in [2.75, 3.05) is 19.0 Å². The summed E-state index contributed by atoms with van der Waals surface area (Å²) in [4.78, 5) is 11.8. The zero-order valence-electron chi connectivity index (χ0n) is 9.63. The molecule has 0 unspecified atom stereocenters. The summed E-state index contributed by atoms with van der Waals surface area (Å²) in [7, 11) is 1.39. The molecule has 0 saturated carbocycles. The van der Waals surface area contributed by atoms with Crippen molar-refractivity contribution in [3.8, 4) is 5.75 Å². The summed E-state index contributed by atoms with van der Waals surface area (Å²) in [6, 6.07) is 4.12. The van der Waals surface area contributed by atoms with E-state index in [2.05, 4.69) is 10.6 Å². The maximum absolute atomic E-state index is 13.2. The average Bonchev–Trinajstić information content (AvgIpc) is 2.85. The molecule has 1 atom stereocenters. The lowest BCUT2D eigenvalue weighted by atomic mass is 10.2. The number of amides is 1. The lowest BCUT2D eigenvalue weighted by Crippen LogP contribution is -2.35. The zero-order valence-corrected chi connectivity index (χ0v) is 9.63. The summed E-state index contributed by atoms with van der Waals surface area (Å²) >= 11 is 0. The fraction of sp³-hybridized carbons (Fsp3) is 0.417. The number of anilines is 1. The molecule has 1 aliphatic heterocycles. The van der Waals surface area contributed by atoms with Gasteiger partial charge in [-0.05, 0) is 31.5 Å². The fourth-order valence-electron chi connectivity index (χ4n) is 1.88. The van der Waals surface area contributed by atoms with Crippen LogP contribution in [0, 0.1) is 5.82 Å². The van der Waals surface area contributed by atoms with E-state index in [0.29, 0.717) is 5.69 Å². The van der Waals surface area contributed by atoms with Gasteiger partial charge in [-0.15, -0.1) is 0 Å². The van der Waals surface area contributed by atoms with Crippen LogP contribution in [0.4, 0.5) is 10.1 Å². The smallest absolute Gasteiger partial charge is 0.241 e. The van der Waals surface area contributed by atoms with Crippen LogP contribution in [0.2, 0.25) is 0 Å². The number of benzene rings is 1. The molecule has 92 valence electrons. The van der Waals surface area contributed by atoms with Crippen LogP contribution in [0.5, 0.6) is 5.75 Å². The standard InChI is InChI=1S/C12H15FN2O2/c1-17-11-7-8(4-5-9(11)13)15-12(16)10-3-2-6-14-10/h4-5,7,10,14H,2-3,6H2,1H3,(H,15,16)/t10-/m1/s1. The Bertz CT molecular complexity index is 417. The molecule has 1 heterocycles. The molecule has 2 rings (SSSR count). The van der Waals surface area contributed by atoms with Gasteiger partial charge < -0.3 is 15.4 Å². The van der Waals surface area contributed by atoms with E-state index in [9.17, 15) is 9.18 Å². The Morgan fingerprint density at radius 2 is 2.41 bits per heavy atom. The van der Waals surface area contributed by atoms with Gasteiger partial charge in [-0.3, -0.25) is 4.79 Å². The highest BCUT2D eigenvalue weighted by atomic mass is 19.1. The number of nitrogens with one attached hydrogen (secondary N) is 2. The minimum Gasteiger partial charge on any atom is -0.494 e. The van der Waals surface area contributed by atoms with Crippen molar-refractivity contribution in [3.63, 3.8) is 0 Å². The van der Waals surface area contributed by atoms with Crippen LogP contribution in [-0.2, 0) is 4.79 Å². The van der Waals surface area contributed by atoms with Gasteiger partial charge in [0.15, 0.2) is 11.6 Å². The summed E-state index contributed by atoms with van der Waals surface area (Å²) < 4.78 is 18.0. The molecule has 2 N–H and O–H groups in total. The van der Waals surface area contributed by atoms with Crippen LogP contribution in [0.15, 0.2) is 18.2 Å². The quantitative estimate of drug-likeness (QED) is 0.839. The Hall–Kier alpha value is -1.62. The molecule has 0 bridgehead atoms. The summed E-state index contributed by atoms with van der Waals surface area (Å²) in [5.41, 5.74) is 0.543. The third-order valence-electron chi connectivity index (χ3n) is 2.80. The second kappa shape index (κ2) is 5.14. The van der Waals surface area contributed by atoms with Crippen molar-refractivity contribution in [2.45, 2.75) is 18.9 Å². The number of ether oxygens (including phenoxy) is 1. The van der Waals surface area contributed by atoms with Gasteiger partial charge in [0.05, 0.1) is 13.2 Å². The molecule has 0 aromatic heterocycles. The van der Waals surface area contributed by atoms with Crippen LogP contribution >= 0.6 is 0 Å². The first-order valence-corrected chi connectivity index (χ1v) is 5.58. The van der Waals surface area contributed by atoms with E-state index in [1.54, 1.807) is 0 Å². The SMILES string of the molecule is COc1cc(NC(=O)[C@H]2CCCN2)ccc1F. The van der Waals surface area contributed by atoms with Crippen molar-refractivity contribution in [3.05, 3.63) is 24.0 Å². The summed E-state index contributed by atoms with van der Waals surface area (Å²) in [6.45, 7) is 0.866. The van der Waals surface area contributed by atoms with E-state index in [1.165, 1.54) is 25.3 Å². The molecular weight excluding hydrogens is 223 g/mol. The van der Waals surface area contributed by atoms with Crippen molar-refractivity contribution >= 4 is 11.6 Å². The highest BCUT2D eigenvalue weighted by Gasteiger charge is 2.22. The number of halogens is 1. The molecule has 1 fully saturated rings. The zero-order chi connectivity index (χ0) is 12.3. The first-order valence-electron chi connectivity index (χ1n) is 5.58. The van der Waals surface area contributed by atoms with Gasteiger partial charge in [0, 0.05) is 11.8 Å². The number of hydrogen-bond acceptors (Lipinski definition) is 3. The maximum Gasteiger partial charge on any atom is 0.241 e. The average molecular weight is 238 g/mol. The van der Waals surface area contributed by atoms with Crippen LogP contribution in [-0.4, -0.2) is 25.6 Å². The number of rotatable bonds is 3. The van der Waals surface area contributed by atoms with Gasteiger partial charge in [-0.2, -0.15) is 0 Å². The molecule has 0 spiro atoms.